The zero-order chi connectivity index (χ0) is 18.6. The van der Waals surface area contributed by atoms with Crippen LogP contribution in [0.4, 0.5) is 0 Å². The van der Waals surface area contributed by atoms with Gasteiger partial charge in [-0.15, -0.1) is 13.2 Å². The highest BCUT2D eigenvalue weighted by Gasteiger charge is 2.23. The first kappa shape index (κ1) is 24.2. The number of hydrogen-bond acceptors (Lipinski definition) is 7. The summed E-state index contributed by atoms with van der Waals surface area (Å²) in [7, 11) is 0. The Bertz CT molecular complexity index is 300. The summed E-state index contributed by atoms with van der Waals surface area (Å²) in [6.07, 6.45) is 4.27. The Morgan fingerprint density at radius 3 is 1.36 bits per heavy atom. The van der Waals surface area contributed by atoms with E-state index in [1.54, 1.807) is 12.2 Å². The molecule has 0 radical (unpaired) electrons. The molecule has 0 atom stereocenters. The van der Waals surface area contributed by atoms with Crippen molar-refractivity contribution in [3.8, 4) is 0 Å². The lowest BCUT2D eigenvalue weighted by atomic mass is 9.97. The van der Waals surface area contributed by atoms with E-state index in [2.05, 4.69) is 13.2 Å². The molecule has 0 amide bonds. The van der Waals surface area contributed by atoms with Gasteiger partial charge in [0.05, 0.1) is 78.3 Å². The Morgan fingerprint density at radius 1 is 0.640 bits per heavy atom. The summed E-state index contributed by atoms with van der Waals surface area (Å²) in [6, 6.07) is 0. The molecular weight excluding hydrogens is 328 g/mol. The smallest absolute Gasteiger partial charge is 0.0948 e. The molecule has 7 heteroatoms. The average molecular weight is 362 g/mol. The summed E-state index contributed by atoms with van der Waals surface area (Å²) < 4.78 is 26.5. The van der Waals surface area contributed by atoms with Crippen LogP contribution in [0, 0.1) is 0 Å². The predicted molar refractivity (Wildman–Crippen MR) is 95.8 cm³/mol. The van der Waals surface area contributed by atoms with Gasteiger partial charge >= 0.3 is 0 Å². The van der Waals surface area contributed by atoms with E-state index in [9.17, 15) is 5.11 Å². The van der Waals surface area contributed by atoms with Crippen LogP contribution >= 0.6 is 0 Å². The van der Waals surface area contributed by atoms with Crippen molar-refractivity contribution in [2.45, 2.75) is 18.4 Å². The molecule has 0 rings (SSSR count). The van der Waals surface area contributed by atoms with Gasteiger partial charge < -0.3 is 33.9 Å². The van der Waals surface area contributed by atoms with Crippen LogP contribution in [0.15, 0.2) is 25.3 Å². The third-order valence-corrected chi connectivity index (χ3v) is 3.14. The maximum atomic E-state index is 10.3. The Balaban J connectivity index is 3.30. The fraction of sp³-hybridized carbons (Fsp3) is 0.778. The topological polar surface area (TPSA) is 86.6 Å². The van der Waals surface area contributed by atoms with Crippen LogP contribution in [0.3, 0.4) is 0 Å². The Kier molecular flexibility index (Phi) is 17.4. The van der Waals surface area contributed by atoms with Crippen molar-refractivity contribution in [3.63, 3.8) is 0 Å². The maximum absolute atomic E-state index is 10.3. The minimum Gasteiger partial charge on any atom is -0.394 e. The summed E-state index contributed by atoms with van der Waals surface area (Å²) in [5.74, 6) is 0. The first-order chi connectivity index (χ1) is 12.2. The summed E-state index contributed by atoms with van der Waals surface area (Å²) >= 11 is 0. The van der Waals surface area contributed by atoms with Crippen molar-refractivity contribution in [2.75, 3.05) is 72.7 Å². The van der Waals surface area contributed by atoms with Crippen molar-refractivity contribution in [2.24, 2.45) is 0 Å². The lowest BCUT2D eigenvalue weighted by Crippen LogP contribution is -2.34. The SMILES string of the molecule is C=CCC(O)(CC=C)COCCOCCOCCOCCOCCO. The minimum atomic E-state index is -0.935. The molecule has 0 fully saturated rings. The van der Waals surface area contributed by atoms with Gasteiger partial charge in [0.25, 0.3) is 0 Å². The van der Waals surface area contributed by atoms with Gasteiger partial charge in [0.2, 0.25) is 0 Å². The van der Waals surface area contributed by atoms with Crippen LogP contribution < -0.4 is 0 Å². The number of hydrogen-bond donors (Lipinski definition) is 2. The highest BCUT2D eigenvalue weighted by molar-refractivity contribution is 4.91. The number of aliphatic hydroxyl groups is 2. The molecule has 0 heterocycles. The van der Waals surface area contributed by atoms with Crippen molar-refractivity contribution in [3.05, 3.63) is 25.3 Å². The van der Waals surface area contributed by atoms with E-state index in [0.29, 0.717) is 72.3 Å². The lowest BCUT2D eigenvalue weighted by molar-refractivity contribution is -0.0591. The van der Waals surface area contributed by atoms with E-state index >= 15 is 0 Å². The first-order valence-corrected chi connectivity index (χ1v) is 8.62. The number of aliphatic hydroxyl groups excluding tert-OH is 1. The first-order valence-electron chi connectivity index (χ1n) is 8.62. The third-order valence-electron chi connectivity index (χ3n) is 3.14. The van der Waals surface area contributed by atoms with Crippen LogP contribution in [-0.4, -0.2) is 88.5 Å². The predicted octanol–water partition coefficient (Wildman–Crippen LogP) is 0.945. The largest absolute Gasteiger partial charge is 0.394 e. The molecule has 0 aromatic heterocycles. The molecule has 0 spiro atoms. The summed E-state index contributed by atoms with van der Waals surface area (Å²) in [5.41, 5.74) is -0.935. The molecule has 25 heavy (non-hydrogen) atoms. The second-order valence-corrected chi connectivity index (χ2v) is 5.44. The molecule has 7 nitrogen and oxygen atoms in total. The van der Waals surface area contributed by atoms with Gasteiger partial charge in [0.15, 0.2) is 0 Å². The molecule has 0 unspecified atom stereocenters. The van der Waals surface area contributed by atoms with Gasteiger partial charge in [-0.3, -0.25) is 0 Å². The number of ether oxygens (including phenoxy) is 5. The molecule has 0 aliphatic carbocycles. The van der Waals surface area contributed by atoms with Crippen LogP contribution in [-0.2, 0) is 23.7 Å². The van der Waals surface area contributed by atoms with Gasteiger partial charge in [-0.05, 0) is 12.8 Å². The molecular formula is C18H34O7. The van der Waals surface area contributed by atoms with E-state index in [-0.39, 0.29) is 13.2 Å². The molecule has 0 saturated carbocycles. The average Bonchev–Trinajstić information content (AvgIpc) is 2.59. The quantitative estimate of drug-likeness (QED) is 0.246. The number of rotatable bonds is 20. The molecule has 0 aromatic rings. The van der Waals surface area contributed by atoms with Crippen LogP contribution in [0.2, 0.25) is 0 Å². The lowest BCUT2D eigenvalue weighted by Gasteiger charge is -2.25. The van der Waals surface area contributed by atoms with Crippen molar-refractivity contribution in [1.82, 2.24) is 0 Å². The fourth-order valence-electron chi connectivity index (χ4n) is 1.94. The minimum absolute atomic E-state index is 0.0265. The zero-order valence-electron chi connectivity index (χ0n) is 15.2. The molecule has 148 valence electrons. The molecule has 0 aromatic carbocycles. The van der Waals surface area contributed by atoms with Gasteiger partial charge in [0, 0.05) is 0 Å². The van der Waals surface area contributed by atoms with Gasteiger partial charge in [0.1, 0.15) is 0 Å². The van der Waals surface area contributed by atoms with Crippen LogP contribution in [0.1, 0.15) is 12.8 Å². The molecule has 0 saturated heterocycles. The van der Waals surface area contributed by atoms with E-state index in [1.165, 1.54) is 0 Å². The normalized spacial score (nSPS) is 11.6. The Morgan fingerprint density at radius 2 is 1.00 bits per heavy atom. The summed E-state index contributed by atoms with van der Waals surface area (Å²) in [6.45, 7) is 11.6. The monoisotopic (exact) mass is 362 g/mol. The zero-order valence-corrected chi connectivity index (χ0v) is 15.2. The van der Waals surface area contributed by atoms with Crippen molar-refractivity contribution < 1.29 is 33.9 Å². The molecule has 2 N–H and O–H groups in total. The van der Waals surface area contributed by atoms with Crippen LogP contribution in [0.5, 0.6) is 0 Å². The maximum Gasteiger partial charge on any atom is 0.0948 e. The second kappa shape index (κ2) is 18.0. The highest BCUT2D eigenvalue weighted by atomic mass is 16.6. The van der Waals surface area contributed by atoms with Gasteiger partial charge in [-0.25, -0.2) is 0 Å². The van der Waals surface area contributed by atoms with Gasteiger partial charge in [-0.1, -0.05) is 12.2 Å². The Hall–Kier alpha value is -0.800. The summed E-state index contributed by atoms with van der Waals surface area (Å²) in [5, 5.41) is 18.8. The van der Waals surface area contributed by atoms with E-state index in [0.717, 1.165) is 0 Å². The Labute approximate surface area is 151 Å². The van der Waals surface area contributed by atoms with E-state index < -0.39 is 5.60 Å². The highest BCUT2D eigenvalue weighted by Crippen LogP contribution is 2.16. The van der Waals surface area contributed by atoms with Crippen LogP contribution in [0.25, 0.3) is 0 Å². The molecule has 0 aliphatic rings. The third kappa shape index (κ3) is 16.4. The fourth-order valence-corrected chi connectivity index (χ4v) is 1.94. The molecule has 0 bridgehead atoms. The van der Waals surface area contributed by atoms with E-state index in [1.807, 2.05) is 0 Å². The second-order valence-electron chi connectivity index (χ2n) is 5.44. The molecule has 0 aliphatic heterocycles. The summed E-state index contributed by atoms with van der Waals surface area (Å²) in [4.78, 5) is 0. The van der Waals surface area contributed by atoms with Crippen molar-refractivity contribution >= 4 is 0 Å². The van der Waals surface area contributed by atoms with E-state index in [4.69, 9.17) is 28.8 Å². The standard InChI is InChI=1S/C18H34O7/c1-3-5-18(20,6-4-2)17-25-16-15-24-14-13-23-12-11-22-10-9-21-8-7-19/h3-4,19-20H,1-2,5-17H2. The van der Waals surface area contributed by atoms with Crippen molar-refractivity contribution in [1.29, 1.82) is 0 Å². The van der Waals surface area contributed by atoms with Gasteiger partial charge in [-0.2, -0.15) is 0 Å².